The minimum atomic E-state index is -1.82. The second-order valence-electron chi connectivity index (χ2n) is 4.94. The molecule has 1 saturated carbocycles. The molecule has 5 N–H and O–H groups in total. The molecule has 7 nitrogen and oxygen atoms in total. The van der Waals surface area contributed by atoms with E-state index in [2.05, 4.69) is 5.32 Å². The van der Waals surface area contributed by atoms with Crippen LogP contribution in [-0.4, -0.2) is 41.1 Å². The van der Waals surface area contributed by atoms with Crippen molar-refractivity contribution in [3.8, 4) is 0 Å². The van der Waals surface area contributed by atoms with E-state index in [1.807, 2.05) is 37.3 Å². The van der Waals surface area contributed by atoms with Crippen LogP contribution in [0.4, 0.5) is 0 Å². The van der Waals surface area contributed by atoms with Gasteiger partial charge < -0.3 is 21.3 Å². The molecule has 2 rings (SSSR count). The molecular formula is C15H20N2O5. The third kappa shape index (κ3) is 3.82. The summed E-state index contributed by atoms with van der Waals surface area (Å²) in [5.74, 6) is -3.23. The molecule has 0 radical (unpaired) electrons. The highest BCUT2D eigenvalue weighted by Gasteiger charge is 2.59. The molecule has 1 aromatic rings. The van der Waals surface area contributed by atoms with E-state index in [0.717, 1.165) is 12.0 Å². The first-order chi connectivity index (χ1) is 10.4. The summed E-state index contributed by atoms with van der Waals surface area (Å²) in [6, 6.07) is 9.95. The van der Waals surface area contributed by atoms with Crippen molar-refractivity contribution < 1.29 is 24.6 Å². The number of carbonyl (C=O) groups excluding carboxylic acids is 1. The van der Waals surface area contributed by atoms with Crippen LogP contribution in [0.5, 0.6) is 0 Å². The molecule has 0 saturated heterocycles. The monoisotopic (exact) mass is 308 g/mol. The lowest BCUT2D eigenvalue weighted by Crippen LogP contribution is -2.37. The van der Waals surface area contributed by atoms with Gasteiger partial charge in [0.2, 0.25) is 5.91 Å². The standard InChI is InChI=1S/C13H18N2O.C2H2O4/c1-2-15-12(16)13(8-11(13)9-14)10-6-4-3-5-7-10;3-1(4)2(5)6/h3-7,11H,2,8-9,14H2,1H3,(H,15,16);(H,3,4)(H,5,6)/t11-,13+;/m1./s1. The first-order valence-electron chi connectivity index (χ1n) is 6.90. The van der Waals surface area contributed by atoms with Crippen molar-refractivity contribution in [2.75, 3.05) is 13.1 Å². The van der Waals surface area contributed by atoms with E-state index in [0.29, 0.717) is 19.0 Å². The second-order valence-corrected chi connectivity index (χ2v) is 4.94. The van der Waals surface area contributed by atoms with Gasteiger partial charge in [0.1, 0.15) is 0 Å². The van der Waals surface area contributed by atoms with Gasteiger partial charge in [-0.3, -0.25) is 4.79 Å². The highest BCUT2D eigenvalue weighted by molar-refractivity contribution is 6.27. The zero-order valence-electron chi connectivity index (χ0n) is 12.3. The van der Waals surface area contributed by atoms with Crippen LogP contribution in [0.3, 0.4) is 0 Å². The van der Waals surface area contributed by atoms with Gasteiger partial charge in [-0.1, -0.05) is 30.3 Å². The Balaban J connectivity index is 0.000000346. The zero-order chi connectivity index (χ0) is 16.8. The number of benzene rings is 1. The molecule has 2 atom stereocenters. The van der Waals surface area contributed by atoms with Gasteiger partial charge in [-0.25, -0.2) is 9.59 Å². The number of amides is 1. The summed E-state index contributed by atoms with van der Waals surface area (Å²) in [7, 11) is 0. The van der Waals surface area contributed by atoms with Gasteiger partial charge in [0.15, 0.2) is 0 Å². The van der Waals surface area contributed by atoms with Crippen LogP contribution in [0.15, 0.2) is 30.3 Å². The first-order valence-corrected chi connectivity index (χ1v) is 6.90. The molecule has 1 aromatic carbocycles. The van der Waals surface area contributed by atoms with Gasteiger partial charge in [-0.2, -0.15) is 0 Å². The Morgan fingerprint density at radius 3 is 2.14 bits per heavy atom. The lowest BCUT2D eigenvalue weighted by molar-refractivity contribution is -0.159. The van der Waals surface area contributed by atoms with E-state index in [4.69, 9.17) is 25.5 Å². The van der Waals surface area contributed by atoms with Crippen molar-refractivity contribution in [1.29, 1.82) is 0 Å². The van der Waals surface area contributed by atoms with Crippen molar-refractivity contribution in [1.82, 2.24) is 5.32 Å². The van der Waals surface area contributed by atoms with Crippen LogP contribution in [-0.2, 0) is 19.8 Å². The average molecular weight is 308 g/mol. The normalized spacial score (nSPS) is 22.0. The van der Waals surface area contributed by atoms with E-state index < -0.39 is 11.9 Å². The molecule has 120 valence electrons. The average Bonchev–Trinajstić information content (AvgIpc) is 3.25. The summed E-state index contributed by atoms with van der Waals surface area (Å²) in [6.07, 6.45) is 0.874. The lowest BCUT2D eigenvalue weighted by atomic mass is 9.92. The summed E-state index contributed by atoms with van der Waals surface area (Å²) >= 11 is 0. The SMILES string of the molecule is CCNC(=O)[C@]1(c2ccccc2)C[C@@H]1CN.O=C(O)C(=O)O. The number of carboxylic acids is 2. The summed E-state index contributed by atoms with van der Waals surface area (Å²) in [4.78, 5) is 30.3. The molecule has 0 spiro atoms. The fraction of sp³-hybridized carbons (Fsp3) is 0.400. The molecule has 1 fully saturated rings. The lowest BCUT2D eigenvalue weighted by Gasteiger charge is -2.16. The number of hydrogen-bond acceptors (Lipinski definition) is 4. The van der Waals surface area contributed by atoms with Crippen LogP contribution >= 0.6 is 0 Å². The summed E-state index contributed by atoms with van der Waals surface area (Å²) in [6.45, 7) is 3.19. The predicted molar refractivity (Wildman–Crippen MR) is 79.2 cm³/mol. The number of carbonyl (C=O) groups is 3. The van der Waals surface area contributed by atoms with Crippen molar-refractivity contribution in [3.05, 3.63) is 35.9 Å². The third-order valence-corrected chi connectivity index (χ3v) is 3.60. The van der Waals surface area contributed by atoms with Crippen molar-refractivity contribution in [2.24, 2.45) is 11.7 Å². The molecule has 1 aliphatic carbocycles. The van der Waals surface area contributed by atoms with Crippen molar-refractivity contribution in [3.63, 3.8) is 0 Å². The molecule has 0 aromatic heterocycles. The first kappa shape index (κ1) is 17.6. The third-order valence-electron chi connectivity index (χ3n) is 3.60. The Kier molecular flexibility index (Phi) is 6.06. The fourth-order valence-electron chi connectivity index (χ4n) is 2.43. The molecule has 1 amide bonds. The highest BCUT2D eigenvalue weighted by atomic mass is 16.4. The Bertz CT molecular complexity index is 534. The number of nitrogens with two attached hydrogens (primary N) is 1. The van der Waals surface area contributed by atoms with Gasteiger partial charge >= 0.3 is 11.9 Å². The molecule has 0 bridgehead atoms. The van der Waals surface area contributed by atoms with Crippen molar-refractivity contribution in [2.45, 2.75) is 18.8 Å². The van der Waals surface area contributed by atoms with E-state index >= 15 is 0 Å². The van der Waals surface area contributed by atoms with Gasteiger partial charge in [0, 0.05) is 6.54 Å². The molecule has 7 heteroatoms. The minimum Gasteiger partial charge on any atom is -0.473 e. The Labute approximate surface area is 128 Å². The van der Waals surface area contributed by atoms with Gasteiger partial charge in [0.25, 0.3) is 0 Å². The zero-order valence-corrected chi connectivity index (χ0v) is 12.3. The summed E-state index contributed by atoms with van der Waals surface area (Å²) in [5.41, 5.74) is 6.44. The number of nitrogens with one attached hydrogen (secondary N) is 1. The Morgan fingerprint density at radius 1 is 1.23 bits per heavy atom. The van der Waals surface area contributed by atoms with Crippen molar-refractivity contribution >= 4 is 17.8 Å². The fourth-order valence-corrected chi connectivity index (χ4v) is 2.43. The second kappa shape index (κ2) is 7.56. The molecule has 1 aliphatic rings. The van der Waals surface area contributed by atoms with Crippen LogP contribution in [0.25, 0.3) is 0 Å². The van der Waals surface area contributed by atoms with Crippen LogP contribution in [0.2, 0.25) is 0 Å². The van der Waals surface area contributed by atoms with Gasteiger partial charge in [-0.15, -0.1) is 0 Å². The maximum Gasteiger partial charge on any atom is 0.414 e. The Hall–Kier alpha value is -2.41. The van der Waals surface area contributed by atoms with Crippen LogP contribution < -0.4 is 11.1 Å². The smallest absolute Gasteiger partial charge is 0.414 e. The number of carboxylic acid groups (broad SMARTS) is 2. The molecular weight excluding hydrogens is 288 g/mol. The predicted octanol–water partition coefficient (Wildman–Crippen LogP) is 0.195. The van der Waals surface area contributed by atoms with Gasteiger partial charge in [-0.05, 0) is 31.4 Å². The highest BCUT2D eigenvalue weighted by Crippen LogP contribution is 2.53. The van der Waals surface area contributed by atoms with E-state index in [1.54, 1.807) is 0 Å². The Morgan fingerprint density at radius 2 is 1.77 bits per heavy atom. The number of hydrogen-bond donors (Lipinski definition) is 4. The number of rotatable bonds is 4. The molecule has 0 unspecified atom stereocenters. The van der Waals surface area contributed by atoms with Crippen LogP contribution in [0.1, 0.15) is 18.9 Å². The molecule has 0 heterocycles. The molecule has 22 heavy (non-hydrogen) atoms. The minimum absolute atomic E-state index is 0.122. The van der Waals surface area contributed by atoms with Gasteiger partial charge in [0.05, 0.1) is 5.41 Å². The van der Waals surface area contributed by atoms with Crippen LogP contribution in [0, 0.1) is 5.92 Å². The summed E-state index contributed by atoms with van der Waals surface area (Å²) < 4.78 is 0. The maximum absolute atomic E-state index is 12.1. The quantitative estimate of drug-likeness (QED) is 0.588. The largest absolute Gasteiger partial charge is 0.473 e. The van der Waals surface area contributed by atoms with E-state index in [-0.39, 0.29) is 11.3 Å². The van der Waals surface area contributed by atoms with E-state index in [1.165, 1.54) is 0 Å². The topological polar surface area (TPSA) is 130 Å². The van der Waals surface area contributed by atoms with E-state index in [9.17, 15) is 4.79 Å². The summed E-state index contributed by atoms with van der Waals surface area (Å²) in [5, 5.41) is 17.7. The number of likely N-dealkylation sites (N-methyl/N-ethyl adjacent to an activating group) is 1. The number of aliphatic carboxylic acids is 2. The molecule has 0 aliphatic heterocycles. The maximum atomic E-state index is 12.1.